The second-order valence-corrected chi connectivity index (χ2v) is 7.32. The van der Waals surface area contributed by atoms with E-state index in [9.17, 15) is 14.0 Å². The number of amides is 1. The monoisotopic (exact) mass is 425 g/mol. The van der Waals surface area contributed by atoms with E-state index >= 15 is 0 Å². The minimum atomic E-state index is -0.582. The number of hydrogen-bond donors (Lipinski definition) is 1. The van der Waals surface area contributed by atoms with Gasteiger partial charge in [-0.3, -0.25) is 9.59 Å². The van der Waals surface area contributed by atoms with Gasteiger partial charge in [-0.25, -0.2) is 4.39 Å². The number of carbonyl (C=O) groups is 2. The normalized spacial score (nSPS) is 10.4. The Labute approximate surface area is 158 Å². The minimum absolute atomic E-state index is 0.0616. The van der Waals surface area contributed by atoms with Gasteiger partial charge in [0.05, 0.1) is 11.4 Å². The van der Waals surface area contributed by atoms with Crippen molar-refractivity contribution in [1.29, 1.82) is 0 Å². The summed E-state index contributed by atoms with van der Waals surface area (Å²) < 4.78 is 19.5. The molecule has 1 amide bonds. The number of anilines is 1. The number of carbonyl (C=O) groups excluding carboxylic acids is 2. The summed E-state index contributed by atoms with van der Waals surface area (Å²) in [7, 11) is 0. The summed E-state index contributed by atoms with van der Waals surface area (Å²) in [5.41, 5.74) is 1.86. The molecule has 0 bridgehead atoms. The molecule has 0 saturated heterocycles. The second-order valence-electron chi connectivity index (χ2n) is 5.39. The Bertz CT molecular complexity index is 798. The third-order valence-electron chi connectivity index (χ3n) is 3.25. The molecule has 25 heavy (non-hydrogen) atoms. The van der Waals surface area contributed by atoms with Crippen molar-refractivity contribution in [3.05, 3.63) is 57.8 Å². The molecule has 2 aromatic carbocycles. The number of rotatable bonds is 6. The van der Waals surface area contributed by atoms with Crippen molar-refractivity contribution < 1.29 is 18.7 Å². The van der Waals surface area contributed by atoms with Gasteiger partial charge >= 0.3 is 5.97 Å². The number of hydrogen-bond acceptors (Lipinski definition) is 4. The van der Waals surface area contributed by atoms with Crippen LogP contribution >= 0.6 is 27.7 Å². The van der Waals surface area contributed by atoms with Gasteiger partial charge < -0.3 is 10.1 Å². The molecule has 132 valence electrons. The summed E-state index contributed by atoms with van der Waals surface area (Å²) in [4.78, 5) is 24.5. The summed E-state index contributed by atoms with van der Waals surface area (Å²) in [5.74, 6) is -1.53. The Balaban J connectivity index is 1.78. The van der Waals surface area contributed by atoms with Crippen molar-refractivity contribution in [2.24, 2.45) is 0 Å². The maximum Gasteiger partial charge on any atom is 0.316 e. The van der Waals surface area contributed by atoms with E-state index in [4.69, 9.17) is 4.74 Å². The maximum absolute atomic E-state index is 13.7. The molecule has 0 fully saturated rings. The molecule has 0 unspecified atom stereocenters. The highest BCUT2D eigenvalue weighted by molar-refractivity contribution is 9.10. The lowest BCUT2D eigenvalue weighted by Gasteiger charge is -2.08. The van der Waals surface area contributed by atoms with E-state index in [1.54, 1.807) is 13.0 Å². The third kappa shape index (κ3) is 6.17. The zero-order valence-corrected chi connectivity index (χ0v) is 16.2. The van der Waals surface area contributed by atoms with Crippen LogP contribution in [0.2, 0.25) is 0 Å². The first-order valence-corrected chi connectivity index (χ1v) is 9.23. The van der Waals surface area contributed by atoms with Crippen LogP contribution in [0.3, 0.4) is 0 Å². The molecule has 0 spiro atoms. The van der Waals surface area contributed by atoms with E-state index in [1.165, 1.54) is 23.9 Å². The van der Waals surface area contributed by atoms with Crippen molar-refractivity contribution >= 4 is 45.3 Å². The average Bonchev–Trinajstić information content (AvgIpc) is 2.55. The lowest BCUT2D eigenvalue weighted by Crippen LogP contribution is -2.22. The van der Waals surface area contributed by atoms with Crippen LogP contribution in [0.1, 0.15) is 11.1 Å². The zero-order chi connectivity index (χ0) is 18.4. The molecule has 4 nitrogen and oxygen atoms in total. The molecule has 0 saturated carbocycles. The maximum atomic E-state index is 13.7. The predicted octanol–water partition coefficient (Wildman–Crippen LogP) is 4.48. The van der Waals surface area contributed by atoms with Crippen LogP contribution in [0.5, 0.6) is 0 Å². The number of halogens is 2. The lowest BCUT2D eigenvalue weighted by molar-refractivity contribution is -0.144. The van der Waals surface area contributed by atoms with Crippen LogP contribution in [0, 0.1) is 19.7 Å². The first kappa shape index (κ1) is 19.5. The molecule has 0 radical (unpaired) electrons. The Hall–Kier alpha value is -1.86. The highest BCUT2D eigenvalue weighted by atomic mass is 79.9. The largest absolute Gasteiger partial charge is 0.455 e. The van der Waals surface area contributed by atoms with E-state index in [0.717, 1.165) is 20.5 Å². The fourth-order valence-corrected chi connectivity index (χ4v) is 3.29. The quantitative estimate of drug-likeness (QED) is 0.547. The number of ether oxygens (including phenoxy) is 1. The van der Waals surface area contributed by atoms with Gasteiger partial charge in [0.1, 0.15) is 5.82 Å². The van der Waals surface area contributed by atoms with Crippen LogP contribution in [0.15, 0.2) is 45.8 Å². The van der Waals surface area contributed by atoms with E-state index in [0.29, 0.717) is 0 Å². The molecule has 0 aliphatic carbocycles. The first-order chi connectivity index (χ1) is 11.8. The highest BCUT2D eigenvalue weighted by Crippen LogP contribution is 2.25. The number of aryl methyl sites for hydroxylation is 2. The summed E-state index contributed by atoms with van der Waals surface area (Å²) >= 11 is 4.72. The van der Waals surface area contributed by atoms with Crippen LogP contribution in [-0.2, 0) is 14.3 Å². The van der Waals surface area contributed by atoms with Crippen molar-refractivity contribution in [3.8, 4) is 0 Å². The van der Waals surface area contributed by atoms with Crippen molar-refractivity contribution in [2.75, 3.05) is 17.7 Å². The molecule has 0 aliphatic heterocycles. The van der Waals surface area contributed by atoms with E-state index in [1.807, 2.05) is 25.1 Å². The van der Waals surface area contributed by atoms with Gasteiger partial charge in [0.15, 0.2) is 6.61 Å². The molecule has 0 aliphatic rings. The smallest absolute Gasteiger partial charge is 0.316 e. The summed E-state index contributed by atoms with van der Waals surface area (Å²) in [6.07, 6.45) is 0. The van der Waals surface area contributed by atoms with Crippen molar-refractivity contribution in [1.82, 2.24) is 0 Å². The first-order valence-electron chi connectivity index (χ1n) is 7.45. The third-order valence-corrected chi connectivity index (χ3v) is 4.89. The SMILES string of the molecule is Cc1ccc(NC(=O)COC(=O)CSc2ccc(Br)cc2C)c(F)c1. The number of thioether (sulfide) groups is 1. The summed E-state index contributed by atoms with van der Waals surface area (Å²) in [6, 6.07) is 10.2. The van der Waals surface area contributed by atoms with Gasteiger partial charge in [0.2, 0.25) is 0 Å². The minimum Gasteiger partial charge on any atom is -0.455 e. The fraction of sp³-hybridized carbons (Fsp3) is 0.222. The van der Waals surface area contributed by atoms with Crippen molar-refractivity contribution in [2.45, 2.75) is 18.7 Å². The van der Waals surface area contributed by atoms with E-state index < -0.39 is 24.3 Å². The van der Waals surface area contributed by atoms with Crippen LogP contribution in [0.4, 0.5) is 10.1 Å². The van der Waals surface area contributed by atoms with Crippen LogP contribution < -0.4 is 5.32 Å². The Kier molecular flexibility index (Phi) is 7.01. The summed E-state index contributed by atoms with van der Waals surface area (Å²) in [6.45, 7) is 3.25. The number of nitrogens with one attached hydrogen (secondary N) is 1. The predicted molar refractivity (Wildman–Crippen MR) is 100 cm³/mol. The molecule has 0 heterocycles. The molecule has 0 aromatic heterocycles. The molecule has 2 aromatic rings. The van der Waals surface area contributed by atoms with Gasteiger partial charge in [0.25, 0.3) is 5.91 Å². The molecular weight excluding hydrogens is 409 g/mol. The lowest BCUT2D eigenvalue weighted by atomic mass is 10.2. The standard InChI is InChI=1S/C18H17BrFNO3S/c1-11-3-5-15(14(20)7-11)21-17(22)9-24-18(23)10-25-16-6-4-13(19)8-12(16)2/h3-8H,9-10H2,1-2H3,(H,21,22). The van der Waals surface area contributed by atoms with Gasteiger partial charge in [-0.05, 0) is 55.3 Å². The average molecular weight is 426 g/mol. The van der Waals surface area contributed by atoms with Gasteiger partial charge in [0, 0.05) is 9.37 Å². The van der Waals surface area contributed by atoms with Crippen molar-refractivity contribution in [3.63, 3.8) is 0 Å². The number of esters is 1. The molecule has 7 heteroatoms. The Morgan fingerprint density at radius 3 is 2.64 bits per heavy atom. The molecular formula is C18H17BrFNO3S. The zero-order valence-electron chi connectivity index (χ0n) is 13.8. The van der Waals surface area contributed by atoms with Gasteiger partial charge in [-0.1, -0.05) is 22.0 Å². The number of benzene rings is 2. The Morgan fingerprint density at radius 1 is 1.20 bits per heavy atom. The highest BCUT2D eigenvalue weighted by Gasteiger charge is 2.11. The van der Waals surface area contributed by atoms with E-state index in [-0.39, 0.29) is 11.4 Å². The topological polar surface area (TPSA) is 55.4 Å². The second kappa shape index (κ2) is 9.01. The van der Waals surface area contributed by atoms with Crippen LogP contribution in [0.25, 0.3) is 0 Å². The Morgan fingerprint density at radius 2 is 1.96 bits per heavy atom. The molecule has 1 N–H and O–H groups in total. The molecule has 2 rings (SSSR count). The van der Waals surface area contributed by atoms with Crippen LogP contribution in [-0.4, -0.2) is 24.2 Å². The van der Waals surface area contributed by atoms with Gasteiger partial charge in [-0.2, -0.15) is 0 Å². The fourth-order valence-electron chi connectivity index (χ4n) is 2.01. The summed E-state index contributed by atoms with van der Waals surface area (Å²) in [5, 5.41) is 2.38. The van der Waals surface area contributed by atoms with Gasteiger partial charge in [-0.15, -0.1) is 11.8 Å². The molecule has 0 atom stereocenters. The van der Waals surface area contributed by atoms with E-state index in [2.05, 4.69) is 21.2 Å².